The topological polar surface area (TPSA) is 32.8 Å². The molecular formula is C6H5FNO. The lowest BCUT2D eigenvalue weighted by molar-refractivity contribution is 0.173. The van der Waals surface area contributed by atoms with Crippen LogP contribution >= 0.6 is 0 Å². The molecule has 1 aromatic heterocycles. The first-order valence-corrected chi connectivity index (χ1v) is 2.51. The lowest BCUT2D eigenvalue weighted by Crippen LogP contribution is -1.87. The predicted molar refractivity (Wildman–Crippen MR) is 28.6 cm³/mol. The van der Waals surface area contributed by atoms with Gasteiger partial charge >= 0.3 is 0 Å². The average molecular weight is 126 g/mol. The van der Waals surface area contributed by atoms with Crippen LogP contribution in [-0.2, 0) is 11.7 Å². The van der Waals surface area contributed by atoms with Gasteiger partial charge in [0.15, 0.2) is 0 Å². The van der Waals surface area contributed by atoms with Crippen LogP contribution in [0.4, 0.5) is 4.39 Å². The molecule has 0 spiro atoms. The molecule has 0 bridgehead atoms. The highest BCUT2D eigenvalue weighted by molar-refractivity contribution is 5.10. The van der Waals surface area contributed by atoms with Gasteiger partial charge in [0.05, 0.1) is 6.20 Å². The molecular weight excluding hydrogens is 121 g/mol. The Morgan fingerprint density at radius 2 is 2.44 bits per heavy atom. The summed E-state index contributed by atoms with van der Waals surface area (Å²) in [6, 6.07) is 1.38. The summed E-state index contributed by atoms with van der Waals surface area (Å²) in [6.07, 6.45) is 2.43. The fraction of sp³-hybridized carbons (Fsp3) is 0.167. The standard InChI is InChI=1S/C6H5FNO/c7-6-3-8-2-1-5(6)4-9/h1-3H,4H2. The number of hydrogen-bond donors (Lipinski definition) is 0. The molecule has 0 aliphatic carbocycles. The summed E-state index contributed by atoms with van der Waals surface area (Å²) in [7, 11) is 0. The Labute approximate surface area is 52.0 Å². The third-order valence-electron chi connectivity index (χ3n) is 1.01. The molecule has 0 saturated carbocycles. The highest BCUT2D eigenvalue weighted by Crippen LogP contribution is 2.02. The van der Waals surface area contributed by atoms with Gasteiger partial charge in [-0.25, -0.2) is 9.50 Å². The Hall–Kier alpha value is -0.960. The van der Waals surface area contributed by atoms with Gasteiger partial charge in [-0.1, -0.05) is 0 Å². The van der Waals surface area contributed by atoms with Gasteiger partial charge in [-0.3, -0.25) is 4.98 Å². The highest BCUT2D eigenvalue weighted by atomic mass is 19.1. The molecule has 3 heteroatoms. The number of nitrogens with zero attached hydrogens (tertiary/aromatic N) is 1. The van der Waals surface area contributed by atoms with Crippen molar-refractivity contribution in [3.63, 3.8) is 0 Å². The zero-order chi connectivity index (χ0) is 6.69. The van der Waals surface area contributed by atoms with E-state index < -0.39 is 12.4 Å². The van der Waals surface area contributed by atoms with E-state index in [1.54, 1.807) is 0 Å². The van der Waals surface area contributed by atoms with Gasteiger partial charge in [0.2, 0.25) is 0 Å². The van der Waals surface area contributed by atoms with Crippen molar-refractivity contribution < 1.29 is 9.50 Å². The van der Waals surface area contributed by atoms with Crippen LogP contribution in [-0.4, -0.2) is 4.98 Å². The van der Waals surface area contributed by atoms with Crippen molar-refractivity contribution in [2.45, 2.75) is 6.61 Å². The number of rotatable bonds is 1. The van der Waals surface area contributed by atoms with Crippen LogP contribution in [0.15, 0.2) is 18.5 Å². The molecule has 0 N–H and O–H groups in total. The van der Waals surface area contributed by atoms with Crippen molar-refractivity contribution in [1.82, 2.24) is 4.98 Å². The molecule has 9 heavy (non-hydrogen) atoms. The van der Waals surface area contributed by atoms with E-state index in [0.717, 1.165) is 6.20 Å². The Morgan fingerprint density at radius 3 is 2.89 bits per heavy atom. The minimum atomic E-state index is -0.521. The van der Waals surface area contributed by atoms with Crippen LogP contribution < -0.4 is 0 Å². The Morgan fingerprint density at radius 1 is 1.67 bits per heavy atom. The quantitative estimate of drug-likeness (QED) is 0.555. The first-order chi connectivity index (χ1) is 4.34. The Bertz CT molecular complexity index is 202. The van der Waals surface area contributed by atoms with Crippen LogP contribution in [0.3, 0.4) is 0 Å². The second-order valence-corrected chi connectivity index (χ2v) is 1.61. The number of halogens is 1. The van der Waals surface area contributed by atoms with Gasteiger partial charge in [-0.2, -0.15) is 0 Å². The monoisotopic (exact) mass is 126 g/mol. The largest absolute Gasteiger partial charge is 0.262 e. The van der Waals surface area contributed by atoms with Gasteiger partial charge in [-0.15, -0.1) is 0 Å². The van der Waals surface area contributed by atoms with Crippen LogP contribution in [0.5, 0.6) is 0 Å². The van der Waals surface area contributed by atoms with Crippen molar-refractivity contribution in [2.24, 2.45) is 0 Å². The van der Waals surface area contributed by atoms with Crippen LogP contribution in [0.1, 0.15) is 5.56 Å². The molecule has 1 radical (unpaired) electrons. The molecule has 1 heterocycles. The normalized spacial score (nSPS) is 9.56. The zero-order valence-electron chi connectivity index (χ0n) is 4.67. The SMILES string of the molecule is [O]Cc1ccncc1F. The fourth-order valence-electron chi connectivity index (χ4n) is 0.521. The molecule has 2 nitrogen and oxygen atoms in total. The Kier molecular flexibility index (Phi) is 1.75. The first kappa shape index (κ1) is 6.16. The second kappa shape index (κ2) is 2.55. The first-order valence-electron chi connectivity index (χ1n) is 2.51. The van der Waals surface area contributed by atoms with Gasteiger partial charge in [-0.05, 0) is 6.07 Å². The lowest BCUT2D eigenvalue weighted by atomic mass is 10.3. The molecule has 0 aromatic carbocycles. The van der Waals surface area contributed by atoms with Crippen molar-refractivity contribution in [2.75, 3.05) is 0 Å². The van der Waals surface area contributed by atoms with Crippen molar-refractivity contribution in [3.8, 4) is 0 Å². The molecule has 0 fully saturated rings. The number of hydrogen-bond acceptors (Lipinski definition) is 1. The summed E-state index contributed by atoms with van der Waals surface area (Å²) >= 11 is 0. The molecule has 0 atom stereocenters. The summed E-state index contributed by atoms with van der Waals surface area (Å²) in [5, 5.41) is 10.1. The maximum atomic E-state index is 12.3. The zero-order valence-corrected chi connectivity index (χ0v) is 4.67. The van der Waals surface area contributed by atoms with E-state index in [4.69, 9.17) is 0 Å². The number of pyridine rings is 1. The average Bonchev–Trinajstić information content (AvgIpc) is 1.89. The van der Waals surface area contributed by atoms with Crippen LogP contribution in [0.2, 0.25) is 0 Å². The lowest BCUT2D eigenvalue weighted by Gasteiger charge is -1.92. The minimum absolute atomic E-state index is 0.171. The maximum absolute atomic E-state index is 12.3. The second-order valence-electron chi connectivity index (χ2n) is 1.61. The summed E-state index contributed by atoms with van der Waals surface area (Å²) < 4.78 is 12.3. The molecule has 0 aliphatic rings. The highest BCUT2D eigenvalue weighted by Gasteiger charge is 1.97. The maximum Gasteiger partial charge on any atom is 0.147 e. The fourth-order valence-corrected chi connectivity index (χ4v) is 0.521. The summed E-state index contributed by atoms with van der Waals surface area (Å²) in [5.41, 5.74) is 0.171. The minimum Gasteiger partial charge on any atom is -0.262 e. The van der Waals surface area contributed by atoms with E-state index in [9.17, 15) is 9.50 Å². The predicted octanol–water partition coefficient (Wildman–Crippen LogP) is 1.15. The molecule has 0 aliphatic heterocycles. The van der Waals surface area contributed by atoms with E-state index in [0.29, 0.717) is 0 Å². The van der Waals surface area contributed by atoms with E-state index in [-0.39, 0.29) is 5.56 Å². The molecule has 1 aromatic rings. The summed E-state index contributed by atoms with van der Waals surface area (Å²) in [5.74, 6) is -0.521. The number of aromatic nitrogens is 1. The smallest absolute Gasteiger partial charge is 0.147 e. The van der Waals surface area contributed by atoms with Crippen LogP contribution in [0, 0.1) is 5.82 Å². The molecule has 1 rings (SSSR count). The van der Waals surface area contributed by atoms with Crippen LogP contribution in [0.25, 0.3) is 0 Å². The third kappa shape index (κ3) is 1.23. The van der Waals surface area contributed by atoms with E-state index in [1.165, 1.54) is 12.3 Å². The summed E-state index contributed by atoms with van der Waals surface area (Å²) in [4.78, 5) is 3.48. The van der Waals surface area contributed by atoms with E-state index in [2.05, 4.69) is 4.98 Å². The van der Waals surface area contributed by atoms with Gasteiger partial charge in [0.1, 0.15) is 12.4 Å². The summed E-state index contributed by atoms with van der Waals surface area (Å²) in [6.45, 7) is -0.519. The van der Waals surface area contributed by atoms with Crippen molar-refractivity contribution in [1.29, 1.82) is 0 Å². The van der Waals surface area contributed by atoms with Crippen molar-refractivity contribution >= 4 is 0 Å². The molecule has 0 saturated heterocycles. The van der Waals surface area contributed by atoms with E-state index >= 15 is 0 Å². The van der Waals surface area contributed by atoms with Gasteiger partial charge in [0, 0.05) is 11.8 Å². The van der Waals surface area contributed by atoms with E-state index in [1.807, 2.05) is 0 Å². The van der Waals surface area contributed by atoms with Gasteiger partial charge in [0.25, 0.3) is 0 Å². The van der Waals surface area contributed by atoms with Gasteiger partial charge < -0.3 is 0 Å². The third-order valence-corrected chi connectivity index (χ3v) is 1.01. The van der Waals surface area contributed by atoms with Crippen molar-refractivity contribution in [3.05, 3.63) is 29.8 Å². The Balaban J connectivity index is 3.01. The molecule has 47 valence electrons. The molecule has 0 amide bonds. The molecule has 0 unspecified atom stereocenters.